The SMILES string of the molecule is CC(=O)NC1(C(=O)O)CC(C)N(C)C1. The van der Waals surface area contributed by atoms with Crippen molar-refractivity contribution in [1.82, 2.24) is 10.2 Å². The normalized spacial score (nSPS) is 32.9. The molecule has 1 fully saturated rings. The molecule has 0 bridgehead atoms. The summed E-state index contributed by atoms with van der Waals surface area (Å²) in [6.07, 6.45) is 0.457. The highest BCUT2D eigenvalue weighted by molar-refractivity contribution is 5.86. The molecule has 1 heterocycles. The highest BCUT2D eigenvalue weighted by Crippen LogP contribution is 2.25. The molecule has 1 aliphatic rings. The van der Waals surface area contributed by atoms with Gasteiger partial charge in [0.15, 0.2) is 5.54 Å². The summed E-state index contributed by atoms with van der Waals surface area (Å²) in [7, 11) is 1.86. The summed E-state index contributed by atoms with van der Waals surface area (Å²) in [5.74, 6) is -1.25. The van der Waals surface area contributed by atoms with E-state index in [1.54, 1.807) is 0 Å². The second-order valence-corrected chi connectivity index (χ2v) is 4.04. The minimum atomic E-state index is -1.10. The molecule has 0 aromatic carbocycles. The van der Waals surface area contributed by atoms with E-state index in [0.717, 1.165) is 0 Å². The Morgan fingerprint density at radius 3 is 2.43 bits per heavy atom. The second-order valence-electron chi connectivity index (χ2n) is 4.04. The maximum atomic E-state index is 11.1. The van der Waals surface area contributed by atoms with Gasteiger partial charge in [-0.25, -0.2) is 4.79 Å². The number of carboxylic acids is 1. The van der Waals surface area contributed by atoms with E-state index in [9.17, 15) is 9.59 Å². The molecule has 0 spiro atoms. The maximum absolute atomic E-state index is 11.1. The summed E-state index contributed by atoms with van der Waals surface area (Å²) >= 11 is 0. The van der Waals surface area contributed by atoms with Crippen molar-refractivity contribution in [3.05, 3.63) is 0 Å². The van der Waals surface area contributed by atoms with Gasteiger partial charge in [-0.2, -0.15) is 0 Å². The van der Waals surface area contributed by atoms with Gasteiger partial charge in [0, 0.05) is 19.5 Å². The molecule has 5 heteroatoms. The molecule has 0 aromatic rings. The zero-order valence-corrected chi connectivity index (χ0v) is 8.70. The fourth-order valence-electron chi connectivity index (χ4n) is 1.94. The summed E-state index contributed by atoms with van der Waals surface area (Å²) in [5, 5.41) is 11.6. The number of rotatable bonds is 2. The standard InChI is InChI=1S/C9H16N2O3/c1-6-4-9(8(13)14,5-11(6)3)10-7(2)12/h6H,4-5H2,1-3H3,(H,10,12)(H,13,14). The molecule has 14 heavy (non-hydrogen) atoms. The monoisotopic (exact) mass is 200 g/mol. The summed E-state index contributed by atoms with van der Waals surface area (Å²) in [5.41, 5.74) is -1.10. The number of amides is 1. The number of likely N-dealkylation sites (tertiary alicyclic amines) is 1. The Bertz CT molecular complexity index is 255. The molecule has 2 unspecified atom stereocenters. The summed E-state index contributed by atoms with van der Waals surface area (Å²) in [6, 6.07) is 0.179. The second kappa shape index (κ2) is 3.57. The van der Waals surface area contributed by atoms with Crippen LogP contribution in [0.4, 0.5) is 0 Å². The fourth-order valence-corrected chi connectivity index (χ4v) is 1.94. The first-order valence-electron chi connectivity index (χ1n) is 4.60. The number of carboxylic acid groups (broad SMARTS) is 1. The smallest absolute Gasteiger partial charge is 0.330 e. The maximum Gasteiger partial charge on any atom is 0.330 e. The predicted molar refractivity (Wildman–Crippen MR) is 50.9 cm³/mol. The van der Waals surface area contributed by atoms with E-state index in [1.165, 1.54) is 6.92 Å². The van der Waals surface area contributed by atoms with Crippen molar-refractivity contribution >= 4 is 11.9 Å². The van der Waals surface area contributed by atoms with Gasteiger partial charge in [-0.1, -0.05) is 0 Å². The fraction of sp³-hybridized carbons (Fsp3) is 0.778. The van der Waals surface area contributed by atoms with Crippen molar-refractivity contribution in [2.45, 2.75) is 31.8 Å². The van der Waals surface area contributed by atoms with Crippen molar-refractivity contribution in [3.63, 3.8) is 0 Å². The van der Waals surface area contributed by atoms with E-state index in [0.29, 0.717) is 13.0 Å². The van der Waals surface area contributed by atoms with Gasteiger partial charge < -0.3 is 15.3 Å². The largest absolute Gasteiger partial charge is 0.479 e. The topological polar surface area (TPSA) is 69.6 Å². The lowest BCUT2D eigenvalue weighted by Crippen LogP contribution is -2.55. The Kier molecular flexibility index (Phi) is 2.80. The van der Waals surface area contributed by atoms with E-state index in [-0.39, 0.29) is 11.9 Å². The van der Waals surface area contributed by atoms with Crippen molar-refractivity contribution in [2.24, 2.45) is 0 Å². The van der Waals surface area contributed by atoms with Crippen molar-refractivity contribution in [1.29, 1.82) is 0 Å². The van der Waals surface area contributed by atoms with Crippen LogP contribution in [-0.2, 0) is 9.59 Å². The Hall–Kier alpha value is -1.10. The summed E-state index contributed by atoms with van der Waals surface area (Å²) in [4.78, 5) is 24.0. The number of hydrogen-bond donors (Lipinski definition) is 2. The van der Waals surface area contributed by atoms with Crippen LogP contribution >= 0.6 is 0 Å². The van der Waals surface area contributed by atoms with E-state index in [2.05, 4.69) is 5.32 Å². The first kappa shape index (κ1) is 11.0. The number of carbonyl (C=O) groups is 2. The van der Waals surface area contributed by atoms with Crippen LogP contribution in [0.2, 0.25) is 0 Å². The molecule has 0 aromatic heterocycles. The Morgan fingerprint density at radius 1 is 1.57 bits per heavy atom. The lowest BCUT2D eigenvalue weighted by atomic mass is 9.96. The van der Waals surface area contributed by atoms with Gasteiger partial charge in [0.2, 0.25) is 5.91 Å². The Labute approximate surface area is 83.1 Å². The third-order valence-corrected chi connectivity index (χ3v) is 2.74. The van der Waals surface area contributed by atoms with Gasteiger partial charge in [-0.15, -0.1) is 0 Å². The molecular formula is C9H16N2O3. The van der Waals surface area contributed by atoms with Crippen LogP contribution in [0.5, 0.6) is 0 Å². The van der Waals surface area contributed by atoms with Crippen molar-refractivity contribution < 1.29 is 14.7 Å². The third-order valence-electron chi connectivity index (χ3n) is 2.74. The zero-order valence-electron chi connectivity index (χ0n) is 8.70. The number of aliphatic carboxylic acids is 1. The molecular weight excluding hydrogens is 184 g/mol. The Morgan fingerprint density at radius 2 is 2.14 bits per heavy atom. The van der Waals surface area contributed by atoms with Gasteiger partial charge in [0.05, 0.1) is 0 Å². The van der Waals surface area contributed by atoms with Crippen LogP contribution in [0.25, 0.3) is 0 Å². The summed E-state index contributed by atoms with van der Waals surface area (Å²) in [6.45, 7) is 3.66. The Balaban J connectivity index is 2.85. The highest BCUT2D eigenvalue weighted by Gasteiger charge is 2.47. The van der Waals surface area contributed by atoms with Crippen LogP contribution in [0.15, 0.2) is 0 Å². The van der Waals surface area contributed by atoms with Crippen LogP contribution in [0, 0.1) is 0 Å². The summed E-state index contributed by atoms with van der Waals surface area (Å²) < 4.78 is 0. The van der Waals surface area contributed by atoms with E-state index in [1.807, 2.05) is 18.9 Å². The van der Waals surface area contributed by atoms with Crippen LogP contribution in [-0.4, -0.2) is 47.1 Å². The molecule has 2 N–H and O–H groups in total. The minimum absolute atomic E-state index is 0.179. The van der Waals surface area contributed by atoms with Gasteiger partial charge in [-0.3, -0.25) is 4.79 Å². The molecule has 1 saturated heterocycles. The molecule has 2 atom stereocenters. The number of nitrogens with one attached hydrogen (secondary N) is 1. The average Bonchev–Trinajstić information content (AvgIpc) is 2.27. The van der Waals surface area contributed by atoms with E-state index in [4.69, 9.17) is 5.11 Å². The number of nitrogens with zero attached hydrogens (tertiary/aromatic N) is 1. The molecule has 1 amide bonds. The van der Waals surface area contributed by atoms with Crippen molar-refractivity contribution in [3.8, 4) is 0 Å². The van der Waals surface area contributed by atoms with Crippen LogP contribution in [0.1, 0.15) is 20.3 Å². The van der Waals surface area contributed by atoms with E-state index >= 15 is 0 Å². The van der Waals surface area contributed by atoms with E-state index < -0.39 is 11.5 Å². The number of carbonyl (C=O) groups excluding carboxylic acids is 1. The molecule has 1 aliphatic heterocycles. The van der Waals surface area contributed by atoms with Crippen molar-refractivity contribution in [2.75, 3.05) is 13.6 Å². The first-order valence-corrected chi connectivity index (χ1v) is 4.60. The van der Waals surface area contributed by atoms with Crippen LogP contribution < -0.4 is 5.32 Å². The average molecular weight is 200 g/mol. The first-order chi connectivity index (χ1) is 6.37. The lowest BCUT2D eigenvalue weighted by Gasteiger charge is -2.24. The number of hydrogen-bond acceptors (Lipinski definition) is 3. The molecule has 1 rings (SSSR count). The molecule has 0 aliphatic carbocycles. The molecule has 0 radical (unpaired) electrons. The third kappa shape index (κ3) is 1.87. The molecule has 5 nitrogen and oxygen atoms in total. The quantitative estimate of drug-likeness (QED) is 0.640. The predicted octanol–water partition coefficient (Wildman–Crippen LogP) is -0.330. The van der Waals surface area contributed by atoms with Gasteiger partial charge in [0.1, 0.15) is 0 Å². The van der Waals surface area contributed by atoms with Gasteiger partial charge in [0.25, 0.3) is 0 Å². The van der Waals surface area contributed by atoms with Gasteiger partial charge in [-0.05, 0) is 20.4 Å². The van der Waals surface area contributed by atoms with Crippen LogP contribution in [0.3, 0.4) is 0 Å². The van der Waals surface area contributed by atoms with Gasteiger partial charge >= 0.3 is 5.97 Å². The highest BCUT2D eigenvalue weighted by atomic mass is 16.4. The molecule has 0 saturated carbocycles. The lowest BCUT2D eigenvalue weighted by molar-refractivity contribution is -0.146. The zero-order chi connectivity index (χ0) is 10.9. The number of likely N-dealkylation sites (N-methyl/N-ethyl adjacent to an activating group) is 1. The minimum Gasteiger partial charge on any atom is -0.479 e. The molecule has 80 valence electrons.